The molecule has 100 valence electrons. The number of benzene rings is 3. The van der Waals surface area contributed by atoms with Crippen LogP contribution >= 0.6 is 11.6 Å². The molecule has 0 radical (unpaired) electrons. The van der Waals surface area contributed by atoms with Gasteiger partial charge in [-0.05, 0) is 40.8 Å². The summed E-state index contributed by atoms with van der Waals surface area (Å²) in [5, 5.41) is 3.16. The summed E-state index contributed by atoms with van der Waals surface area (Å²) >= 11 is 6.13. The van der Waals surface area contributed by atoms with E-state index in [1.807, 2.05) is 18.2 Å². The smallest absolute Gasteiger partial charge is 0.0447 e. The molecule has 0 spiro atoms. The molecule has 0 atom stereocenters. The van der Waals surface area contributed by atoms with Gasteiger partial charge >= 0.3 is 0 Å². The minimum atomic E-state index is 0.771. The van der Waals surface area contributed by atoms with Crippen molar-refractivity contribution in [2.45, 2.75) is 0 Å². The second-order valence-electron chi connectivity index (χ2n) is 5.12. The Morgan fingerprint density at radius 3 is 2.25 bits per heavy atom. The molecule has 1 nitrogen and oxygen atoms in total. The number of halogens is 1. The number of fused-ring (bicyclic) bond motifs is 1. The summed E-state index contributed by atoms with van der Waals surface area (Å²) in [5.74, 6) is 0. The van der Waals surface area contributed by atoms with Crippen molar-refractivity contribution in [3.8, 4) is 11.1 Å². The van der Waals surface area contributed by atoms with E-state index in [9.17, 15) is 0 Å². The first-order chi connectivity index (χ1) is 9.65. The highest BCUT2D eigenvalue weighted by molar-refractivity contribution is 6.31. The van der Waals surface area contributed by atoms with Crippen molar-refractivity contribution in [2.24, 2.45) is 0 Å². The Hall–Kier alpha value is -1.99. The SMILES string of the molecule is CN(C)c1cc(-c2ccccc2)cc2ccc(Cl)cc12. The molecule has 20 heavy (non-hydrogen) atoms. The molecule has 0 aliphatic rings. The lowest BCUT2D eigenvalue weighted by molar-refractivity contribution is 1.14. The van der Waals surface area contributed by atoms with Crippen LogP contribution in [0.5, 0.6) is 0 Å². The van der Waals surface area contributed by atoms with E-state index in [2.05, 4.69) is 61.5 Å². The van der Waals surface area contributed by atoms with Crippen LogP contribution in [0.1, 0.15) is 0 Å². The highest BCUT2D eigenvalue weighted by Crippen LogP contribution is 2.33. The molecule has 0 amide bonds. The van der Waals surface area contributed by atoms with Crippen molar-refractivity contribution < 1.29 is 0 Å². The third-order valence-corrected chi connectivity index (χ3v) is 3.72. The monoisotopic (exact) mass is 281 g/mol. The fourth-order valence-electron chi connectivity index (χ4n) is 2.48. The Morgan fingerprint density at radius 1 is 0.800 bits per heavy atom. The van der Waals surface area contributed by atoms with Crippen LogP contribution in [0.2, 0.25) is 5.02 Å². The Bertz CT molecular complexity index is 748. The topological polar surface area (TPSA) is 3.24 Å². The largest absolute Gasteiger partial charge is 0.377 e. The molecule has 0 saturated heterocycles. The van der Waals surface area contributed by atoms with Crippen molar-refractivity contribution in [2.75, 3.05) is 19.0 Å². The van der Waals surface area contributed by atoms with E-state index in [0.29, 0.717) is 0 Å². The summed E-state index contributed by atoms with van der Waals surface area (Å²) < 4.78 is 0. The van der Waals surface area contributed by atoms with Gasteiger partial charge in [0.2, 0.25) is 0 Å². The number of hydrogen-bond donors (Lipinski definition) is 0. The van der Waals surface area contributed by atoms with Gasteiger partial charge in [-0.3, -0.25) is 0 Å². The second kappa shape index (κ2) is 5.18. The Labute approximate surface area is 124 Å². The van der Waals surface area contributed by atoms with Gasteiger partial charge in [0.05, 0.1) is 0 Å². The summed E-state index contributed by atoms with van der Waals surface area (Å²) in [7, 11) is 4.12. The van der Waals surface area contributed by atoms with Gasteiger partial charge in [0.1, 0.15) is 0 Å². The molecule has 0 aliphatic heterocycles. The molecule has 2 heteroatoms. The summed E-state index contributed by atoms with van der Waals surface area (Å²) in [5.41, 5.74) is 3.64. The molecule has 0 heterocycles. The van der Waals surface area contributed by atoms with Crippen LogP contribution in [0, 0.1) is 0 Å². The first kappa shape index (κ1) is 13.0. The van der Waals surface area contributed by atoms with E-state index in [1.54, 1.807) is 0 Å². The maximum Gasteiger partial charge on any atom is 0.0447 e. The van der Waals surface area contributed by atoms with E-state index in [-0.39, 0.29) is 0 Å². The average molecular weight is 282 g/mol. The van der Waals surface area contributed by atoms with Crippen LogP contribution in [0.4, 0.5) is 5.69 Å². The third-order valence-electron chi connectivity index (χ3n) is 3.48. The van der Waals surface area contributed by atoms with Gasteiger partial charge in [0.15, 0.2) is 0 Å². The summed E-state index contributed by atoms with van der Waals surface area (Å²) in [6, 6.07) is 20.9. The number of rotatable bonds is 2. The van der Waals surface area contributed by atoms with Crippen LogP contribution in [0.3, 0.4) is 0 Å². The first-order valence-corrected chi connectivity index (χ1v) is 6.99. The lowest BCUT2D eigenvalue weighted by Gasteiger charge is -2.18. The zero-order valence-corrected chi connectivity index (χ0v) is 12.4. The highest BCUT2D eigenvalue weighted by Gasteiger charge is 2.08. The predicted octanol–water partition coefficient (Wildman–Crippen LogP) is 5.23. The van der Waals surface area contributed by atoms with E-state index in [0.717, 1.165) is 5.02 Å². The van der Waals surface area contributed by atoms with Crippen molar-refractivity contribution in [3.63, 3.8) is 0 Å². The molecule has 3 aromatic rings. The van der Waals surface area contributed by atoms with Gasteiger partial charge in [-0.1, -0.05) is 48.0 Å². The first-order valence-electron chi connectivity index (χ1n) is 6.61. The molecule has 0 N–H and O–H groups in total. The maximum absolute atomic E-state index is 6.13. The quantitative estimate of drug-likeness (QED) is 0.622. The van der Waals surface area contributed by atoms with Crippen LogP contribution in [0.15, 0.2) is 60.7 Å². The Morgan fingerprint density at radius 2 is 1.55 bits per heavy atom. The fourth-order valence-corrected chi connectivity index (χ4v) is 2.65. The van der Waals surface area contributed by atoms with Gasteiger partial charge in [0, 0.05) is 30.2 Å². The fraction of sp³-hybridized carbons (Fsp3) is 0.111. The van der Waals surface area contributed by atoms with E-state index >= 15 is 0 Å². The van der Waals surface area contributed by atoms with Crippen molar-refractivity contribution in [1.82, 2.24) is 0 Å². The van der Waals surface area contributed by atoms with Gasteiger partial charge in [-0.25, -0.2) is 0 Å². The van der Waals surface area contributed by atoms with Gasteiger partial charge in [-0.15, -0.1) is 0 Å². The predicted molar refractivity (Wildman–Crippen MR) is 88.7 cm³/mol. The average Bonchev–Trinajstić information content (AvgIpc) is 2.47. The number of nitrogens with zero attached hydrogens (tertiary/aromatic N) is 1. The molecule has 0 saturated carbocycles. The van der Waals surface area contributed by atoms with Crippen molar-refractivity contribution >= 4 is 28.1 Å². The van der Waals surface area contributed by atoms with Crippen molar-refractivity contribution in [3.05, 3.63) is 65.7 Å². The minimum Gasteiger partial charge on any atom is -0.377 e. The normalized spacial score (nSPS) is 10.8. The molecule has 3 aromatic carbocycles. The van der Waals surface area contributed by atoms with Gasteiger partial charge in [-0.2, -0.15) is 0 Å². The lowest BCUT2D eigenvalue weighted by Crippen LogP contribution is -2.09. The van der Waals surface area contributed by atoms with Crippen molar-refractivity contribution in [1.29, 1.82) is 0 Å². The minimum absolute atomic E-state index is 0.771. The van der Waals surface area contributed by atoms with Crippen LogP contribution in [0.25, 0.3) is 21.9 Å². The zero-order chi connectivity index (χ0) is 14.1. The standard InChI is InChI=1S/C18H16ClN/c1-20(2)18-11-15(13-6-4-3-5-7-13)10-14-8-9-16(19)12-17(14)18/h3-12H,1-2H3. The highest BCUT2D eigenvalue weighted by atomic mass is 35.5. The number of anilines is 1. The molecular formula is C18H16ClN. The molecular weight excluding hydrogens is 266 g/mol. The molecule has 0 aliphatic carbocycles. The Balaban J connectivity index is 2.29. The van der Waals surface area contributed by atoms with E-state index in [4.69, 9.17) is 11.6 Å². The van der Waals surface area contributed by atoms with Gasteiger partial charge in [0.25, 0.3) is 0 Å². The van der Waals surface area contributed by atoms with E-state index < -0.39 is 0 Å². The summed E-state index contributed by atoms with van der Waals surface area (Å²) in [6.45, 7) is 0. The maximum atomic E-state index is 6.13. The molecule has 0 aromatic heterocycles. The summed E-state index contributed by atoms with van der Waals surface area (Å²) in [6.07, 6.45) is 0. The van der Waals surface area contributed by atoms with Crippen LogP contribution < -0.4 is 4.90 Å². The molecule has 0 bridgehead atoms. The zero-order valence-electron chi connectivity index (χ0n) is 11.6. The second-order valence-corrected chi connectivity index (χ2v) is 5.56. The number of hydrogen-bond acceptors (Lipinski definition) is 1. The van der Waals surface area contributed by atoms with Crippen LogP contribution in [-0.2, 0) is 0 Å². The third kappa shape index (κ3) is 2.37. The van der Waals surface area contributed by atoms with Crippen LogP contribution in [-0.4, -0.2) is 14.1 Å². The molecule has 0 unspecified atom stereocenters. The molecule has 0 fully saturated rings. The Kier molecular flexibility index (Phi) is 3.37. The van der Waals surface area contributed by atoms with E-state index in [1.165, 1.54) is 27.6 Å². The molecule has 3 rings (SSSR count). The lowest BCUT2D eigenvalue weighted by atomic mass is 9.99. The van der Waals surface area contributed by atoms with Gasteiger partial charge < -0.3 is 4.90 Å². The summed E-state index contributed by atoms with van der Waals surface area (Å²) in [4.78, 5) is 2.13.